The summed E-state index contributed by atoms with van der Waals surface area (Å²) in [7, 11) is 3.22. The average Bonchev–Trinajstić information content (AvgIpc) is 3.00. The summed E-state index contributed by atoms with van der Waals surface area (Å²) in [5.41, 5.74) is 0.466. The van der Waals surface area contributed by atoms with Gasteiger partial charge in [0, 0.05) is 32.0 Å². The fourth-order valence-electron chi connectivity index (χ4n) is 4.42. The fourth-order valence-corrected chi connectivity index (χ4v) is 4.42. The van der Waals surface area contributed by atoms with Gasteiger partial charge in [0.05, 0.1) is 26.8 Å². The van der Waals surface area contributed by atoms with Crippen LogP contribution in [0.25, 0.3) is 0 Å². The van der Waals surface area contributed by atoms with Crippen LogP contribution in [0.4, 0.5) is 11.8 Å². The predicted octanol–water partition coefficient (Wildman–Crippen LogP) is 2.37. The van der Waals surface area contributed by atoms with Crippen LogP contribution >= 0.6 is 0 Å². The van der Waals surface area contributed by atoms with Crippen molar-refractivity contribution in [2.24, 2.45) is 0 Å². The second-order valence-electron chi connectivity index (χ2n) is 9.33. The number of aromatic nitrogens is 4. The summed E-state index contributed by atoms with van der Waals surface area (Å²) in [5.74, 6) is 2.70. The minimum Gasteiger partial charge on any atom is -0.497 e. The molecule has 1 aliphatic heterocycles. The number of nitrogens with one attached hydrogen (secondary N) is 2. The lowest BCUT2D eigenvalue weighted by atomic mass is 10.2. The number of nitrogens with zero attached hydrogens (tertiary/aromatic N) is 4. The van der Waals surface area contributed by atoms with Gasteiger partial charge >= 0.3 is 11.4 Å². The molecule has 214 valence electrons. The maximum Gasteiger partial charge on any atom is 0.355 e. The number of para-hydroxylation sites is 2. The van der Waals surface area contributed by atoms with E-state index in [1.807, 2.05) is 54.6 Å². The molecule has 12 heteroatoms. The molecule has 2 N–H and O–H groups in total. The first-order chi connectivity index (χ1) is 20.1. The van der Waals surface area contributed by atoms with Crippen molar-refractivity contribution in [1.82, 2.24) is 19.1 Å². The lowest BCUT2D eigenvalue weighted by Gasteiger charge is -2.26. The molecule has 2 aromatic heterocycles. The summed E-state index contributed by atoms with van der Waals surface area (Å²) >= 11 is 0. The zero-order valence-corrected chi connectivity index (χ0v) is 22.9. The predicted molar refractivity (Wildman–Crippen MR) is 153 cm³/mol. The highest BCUT2D eigenvalue weighted by atomic mass is 16.6. The van der Waals surface area contributed by atoms with Crippen molar-refractivity contribution in [2.75, 3.05) is 44.6 Å². The van der Waals surface area contributed by atoms with Crippen LogP contribution in [0.15, 0.2) is 76.4 Å². The molecule has 1 unspecified atom stereocenters. The Morgan fingerprint density at radius 3 is 2.56 bits per heavy atom. The van der Waals surface area contributed by atoms with Gasteiger partial charge in [-0.05, 0) is 35.9 Å². The minimum atomic E-state index is -0.685. The first-order valence-corrected chi connectivity index (χ1v) is 13.2. The number of ether oxygens (including phenoxy) is 4. The molecule has 0 spiro atoms. The number of benzene rings is 2. The molecule has 5 rings (SSSR count). The quantitative estimate of drug-likeness (QED) is 0.249. The van der Waals surface area contributed by atoms with Crippen molar-refractivity contribution in [3.63, 3.8) is 0 Å². The first kappa shape index (κ1) is 27.7. The third-order valence-electron chi connectivity index (χ3n) is 6.53. The van der Waals surface area contributed by atoms with Crippen LogP contribution in [-0.4, -0.2) is 59.2 Å². The van der Waals surface area contributed by atoms with Crippen molar-refractivity contribution < 1.29 is 18.9 Å². The van der Waals surface area contributed by atoms with Gasteiger partial charge in [0.1, 0.15) is 18.2 Å². The molecule has 4 aromatic rings. The van der Waals surface area contributed by atoms with E-state index in [-0.39, 0.29) is 32.2 Å². The number of rotatable bonds is 12. The normalized spacial score (nSPS) is 14.0. The number of methoxy groups -OCH3 is 2. The maximum absolute atomic E-state index is 13.8. The molecule has 3 heterocycles. The SMILES string of the molecule is COCCNc1ncccc1CNc1nc(=O)n(CC2COc3ccccc3O2)c(=O)n1Cc1ccc(OC)cc1. The summed E-state index contributed by atoms with van der Waals surface area (Å²) < 4.78 is 24.7. The molecule has 0 saturated heterocycles. The molecule has 0 radical (unpaired) electrons. The van der Waals surface area contributed by atoms with Crippen LogP contribution in [-0.2, 0) is 24.4 Å². The van der Waals surface area contributed by atoms with Gasteiger partial charge in [-0.15, -0.1) is 0 Å². The molecule has 1 atom stereocenters. The van der Waals surface area contributed by atoms with E-state index in [0.717, 1.165) is 15.7 Å². The van der Waals surface area contributed by atoms with E-state index >= 15 is 0 Å². The third kappa shape index (κ3) is 6.67. The molecular formula is C29H32N6O6. The number of fused-ring (bicyclic) bond motifs is 1. The van der Waals surface area contributed by atoms with Crippen LogP contribution in [0.1, 0.15) is 11.1 Å². The van der Waals surface area contributed by atoms with Gasteiger partial charge in [-0.2, -0.15) is 4.98 Å². The molecule has 0 fully saturated rings. The van der Waals surface area contributed by atoms with E-state index in [0.29, 0.717) is 36.2 Å². The van der Waals surface area contributed by atoms with Crippen molar-refractivity contribution in [2.45, 2.75) is 25.7 Å². The highest BCUT2D eigenvalue weighted by Crippen LogP contribution is 2.31. The zero-order chi connectivity index (χ0) is 28.6. The highest BCUT2D eigenvalue weighted by molar-refractivity contribution is 5.45. The van der Waals surface area contributed by atoms with Gasteiger partial charge in [-0.1, -0.05) is 30.3 Å². The summed E-state index contributed by atoms with van der Waals surface area (Å²) in [5, 5.41) is 6.41. The molecule has 0 amide bonds. The Morgan fingerprint density at radius 2 is 1.78 bits per heavy atom. The maximum atomic E-state index is 13.8. The van der Waals surface area contributed by atoms with Crippen LogP contribution in [0, 0.1) is 0 Å². The van der Waals surface area contributed by atoms with Gasteiger partial charge in [-0.25, -0.2) is 19.1 Å². The Labute approximate surface area is 236 Å². The third-order valence-corrected chi connectivity index (χ3v) is 6.53. The van der Waals surface area contributed by atoms with Gasteiger partial charge in [0.2, 0.25) is 5.95 Å². The van der Waals surface area contributed by atoms with Crippen LogP contribution in [0.3, 0.4) is 0 Å². The number of hydrogen-bond acceptors (Lipinski definition) is 10. The molecular weight excluding hydrogens is 528 g/mol. The zero-order valence-electron chi connectivity index (χ0n) is 22.9. The Balaban J connectivity index is 1.43. The van der Waals surface area contributed by atoms with Crippen LogP contribution in [0.2, 0.25) is 0 Å². The highest BCUT2D eigenvalue weighted by Gasteiger charge is 2.24. The second kappa shape index (κ2) is 13.0. The number of hydrogen-bond donors (Lipinski definition) is 2. The smallest absolute Gasteiger partial charge is 0.355 e. The summed E-state index contributed by atoms with van der Waals surface area (Å²) in [4.78, 5) is 35.6. The monoisotopic (exact) mass is 560 g/mol. The Morgan fingerprint density at radius 1 is 0.976 bits per heavy atom. The van der Waals surface area contributed by atoms with Gasteiger partial charge in [0.15, 0.2) is 17.6 Å². The van der Waals surface area contributed by atoms with Gasteiger partial charge in [0.25, 0.3) is 0 Å². The van der Waals surface area contributed by atoms with E-state index < -0.39 is 17.5 Å². The van der Waals surface area contributed by atoms with E-state index in [2.05, 4.69) is 20.6 Å². The topological polar surface area (TPSA) is 131 Å². The van der Waals surface area contributed by atoms with Crippen molar-refractivity contribution in [3.05, 3.63) is 99.0 Å². The van der Waals surface area contributed by atoms with Gasteiger partial charge in [-0.3, -0.25) is 4.57 Å². The average molecular weight is 561 g/mol. The van der Waals surface area contributed by atoms with Crippen molar-refractivity contribution in [1.29, 1.82) is 0 Å². The second-order valence-corrected chi connectivity index (χ2v) is 9.33. The van der Waals surface area contributed by atoms with E-state index in [4.69, 9.17) is 18.9 Å². The Kier molecular flexibility index (Phi) is 8.79. The molecule has 0 saturated carbocycles. The van der Waals surface area contributed by atoms with Crippen molar-refractivity contribution in [3.8, 4) is 17.2 Å². The Hall–Kier alpha value is -4.84. The minimum absolute atomic E-state index is 0.0158. The standard InChI is InChI=1S/C29H32N6O6/c1-38-15-14-31-26-21(6-5-13-30-26)16-32-27-33-28(36)35(18-23-19-40-24-7-3-4-8-25(24)41-23)29(37)34(27)17-20-9-11-22(39-2)12-10-20/h3-13,23H,14-19H2,1-2H3,(H,30,31)(H,32,33,36). The van der Waals surface area contributed by atoms with Crippen molar-refractivity contribution >= 4 is 11.8 Å². The van der Waals surface area contributed by atoms with E-state index in [1.54, 1.807) is 26.5 Å². The Bertz CT molecular complexity index is 1590. The molecule has 1 aliphatic rings. The number of pyridine rings is 1. The lowest BCUT2D eigenvalue weighted by molar-refractivity contribution is 0.0761. The summed E-state index contributed by atoms with van der Waals surface area (Å²) in [6.45, 7) is 1.73. The number of anilines is 2. The molecule has 2 aromatic carbocycles. The molecule has 0 aliphatic carbocycles. The van der Waals surface area contributed by atoms with E-state index in [9.17, 15) is 9.59 Å². The van der Waals surface area contributed by atoms with Crippen LogP contribution < -0.4 is 36.2 Å². The van der Waals surface area contributed by atoms with Crippen LogP contribution in [0.5, 0.6) is 17.2 Å². The lowest BCUT2D eigenvalue weighted by Crippen LogP contribution is -2.47. The first-order valence-electron chi connectivity index (χ1n) is 13.2. The molecule has 41 heavy (non-hydrogen) atoms. The fraction of sp³-hybridized carbons (Fsp3) is 0.310. The largest absolute Gasteiger partial charge is 0.497 e. The van der Waals surface area contributed by atoms with Gasteiger partial charge < -0.3 is 29.6 Å². The summed E-state index contributed by atoms with van der Waals surface area (Å²) in [6, 6.07) is 18.4. The van der Waals surface area contributed by atoms with E-state index in [1.165, 1.54) is 4.57 Å². The summed E-state index contributed by atoms with van der Waals surface area (Å²) in [6.07, 6.45) is 1.15. The molecule has 0 bridgehead atoms. The molecule has 12 nitrogen and oxygen atoms in total.